The van der Waals surface area contributed by atoms with Crippen LogP contribution < -0.4 is 4.74 Å². The third-order valence-corrected chi connectivity index (χ3v) is 2.08. The van der Waals surface area contributed by atoms with E-state index in [9.17, 15) is 0 Å². The second-order valence-electron chi connectivity index (χ2n) is 2.91. The summed E-state index contributed by atoms with van der Waals surface area (Å²) in [6.07, 6.45) is 0.241. The molecular formula is C10H13BrO. The minimum Gasteiger partial charge on any atom is -0.491 e. The van der Waals surface area contributed by atoms with Gasteiger partial charge in [-0.25, -0.2) is 0 Å². The fourth-order valence-corrected chi connectivity index (χ4v) is 1.45. The smallest absolute Gasteiger partial charge is 0.123 e. The molecule has 0 aliphatic heterocycles. The molecule has 1 aromatic carbocycles. The molecule has 0 fully saturated rings. The van der Waals surface area contributed by atoms with E-state index in [2.05, 4.69) is 22.0 Å². The summed E-state index contributed by atoms with van der Waals surface area (Å²) in [5, 5.41) is 0.843. The Morgan fingerprint density at radius 2 is 2.00 bits per heavy atom. The fraction of sp³-hybridized carbons (Fsp3) is 0.400. The van der Waals surface area contributed by atoms with Crippen LogP contribution in [-0.2, 0) is 5.33 Å². The molecule has 0 radical (unpaired) electrons. The highest BCUT2D eigenvalue weighted by Crippen LogP contribution is 2.21. The first-order chi connectivity index (χ1) is 5.74. The highest BCUT2D eigenvalue weighted by molar-refractivity contribution is 9.08. The molecule has 66 valence electrons. The van der Waals surface area contributed by atoms with Crippen LogP contribution in [-0.4, -0.2) is 6.10 Å². The van der Waals surface area contributed by atoms with Gasteiger partial charge < -0.3 is 4.74 Å². The molecule has 0 bridgehead atoms. The monoisotopic (exact) mass is 228 g/mol. The maximum Gasteiger partial charge on any atom is 0.123 e. The summed E-state index contributed by atoms with van der Waals surface area (Å²) in [7, 11) is 0. The zero-order valence-electron chi connectivity index (χ0n) is 7.38. The van der Waals surface area contributed by atoms with Crippen molar-refractivity contribution in [3.05, 3.63) is 29.8 Å². The number of ether oxygens (including phenoxy) is 1. The topological polar surface area (TPSA) is 9.23 Å². The average molecular weight is 229 g/mol. The van der Waals surface area contributed by atoms with Crippen LogP contribution in [0.1, 0.15) is 19.4 Å². The van der Waals surface area contributed by atoms with E-state index in [1.807, 2.05) is 32.0 Å². The first-order valence-electron chi connectivity index (χ1n) is 4.04. The first kappa shape index (κ1) is 9.59. The van der Waals surface area contributed by atoms with Crippen LogP contribution in [0.15, 0.2) is 24.3 Å². The predicted octanol–water partition coefficient (Wildman–Crippen LogP) is 3.37. The van der Waals surface area contributed by atoms with E-state index in [1.165, 1.54) is 5.56 Å². The lowest BCUT2D eigenvalue weighted by Gasteiger charge is -2.12. The Labute approximate surface area is 81.9 Å². The van der Waals surface area contributed by atoms with Gasteiger partial charge in [0, 0.05) is 10.9 Å². The fourth-order valence-electron chi connectivity index (χ4n) is 0.983. The van der Waals surface area contributed by atoms with Gasteiger partial charge in [-0.3, -0.25) is 0 Å². The molecule has 0 atom stereocenters. The summed E-state index contributed by atoms with van der Waals surface area (Å²) in [6.45, 7) is 4.07. The Balaban J connectivity index is 2.82. The maximum atomic E-state index is 5.61. The van der Waals surface area contributed by atoms with E-state index in [4.69, 9.17) is 4.74 Å². The van der Waals surface area contributed by atoms with Crippen LogP contribution in [0.25, 0.3) is 0 Å². The lowest BCUT2D eigenvalue weighted by Crippen LogP contribution is -2.06. The quantitative estimate of drug-likeness (QED) is 0.722. The Morgan fingerprint density at radius 3 is 2.58 bits per heavy atom. The maximum absolute atomic E-state index is 5.61. The van der Waals surface area contributed by atoms with Gasteiger partial charge >= 0.3 is 0 Å². The van der Waals surface area contributed by atoms with Crippen molar-refractivity contribution in [2.75, 3.05) is 0 Å². The number of alkyl halides is 1. The number of hydrogen-bond acceptors (Lipinski definition) is 1. The molecule has 0 saturated heterocycles. The molecule has 0 aliphatic carbocycles. The second-order valence-corrected chi connectivity index (χ2v) is 3.47. The van der Waals surface area contributed by atoms with Crippen molar-refractivity contribution in [2.24, 2.45) is 0 Å². The molecule has 0 spiro atoms. The summed E-state index contributed by atoms with van der Waals surface area (Å²) in [4.78, 5) is 0. The number of halogens is 1. The number of hydrogen-bond donors (Lipinski definition) is 0. The molecular weight excluding hydrogens is 216 g/mol. The van der Waals surface area contributed by atoms with Crippen molar-refractivity contribution in [1.29, 1.82) is 0 Å². The molecule has 1 rings (SSSR count). The van der Waals surface area contributed by atoms with Crippen LogP contribution in [0.2, 0.25) is 0 Å². The van der Waals surface area contributed by atoms with E-state index in [0.29, 0.717) is 0 Å². The van der Waals surface area contributed by atoms with Gasteiger partial charge in [-0.15, -0.1) is 0 Å². The minimum atomic E-state index is 0.241. The molecule has 0 unspecified atom stereocenters. The third kappa shape index (κ3) is 2.52. The van der Waals surface area contributed by atoms with E-state index in [1.54, 1.807) is 0 Å². The van der Waals surface area contributed by atoms with Gasteiger partial charge in [0.25, 0.3) is 0 Å². The van der Waals surface area contributed by atoms with Gasteiger partial charge in [0.1, 0.15) is 5.75 Å². The van der Waals surface area contributed by atoms with Gasteiger partial charge in [-0.05, 0) is 19.9 Å². The number of para-hydroxylation sites is 1. The highest BCUT2D eigenvalue weighted by atomic mass is 79.9. The molecule has 0 amide bonds. The van der Waals surface area contributed by atoms with Gasteiger partial charge in [0.15, 0.2) is 0 Å². The summed E-state index contributed by atoms with van der Waals surface area (Å²) in [6, 6.07) is 8.07. The van der Waals surface area contributed by atoms with Crippen molar-refractivity contribution in [3.8, 4) is 5.75 Å². The average Bonchev–Trinajstić information content (AvgIpc) is 2.04. The van der Waals surface area contributed by atoms with Crippen molar-refractivity contribution < 1.29 is 4.74 Å². The van der Waals surface area contributed by atoms with Crippen LogP contribution in [0.4, 0.5) is 0 Å². The molecule has 0 saturated carbocycles. The third-order valence-electron chi connectivity index (χ3n) is 1.48. The largest absolute Gasteiger partial charge is 0.491 e. The van der Waals surface area contributed by atoms with E-state index < -0.39 is 0 Å². The Hall–Kier alpha value is -0.500. The van der Waals surface area contributed by atoms with Crippen LogP contribution in [0.5, 0.6) is 5.75 Å². The molecule has 12 heavy (non-hydrogen) atoms. The summed E-state index contributed by atoms with van der Waals surface area (Å²) in [5.41, 5.74) is 1.20. The van der Waals surface area contributed by atoms with Gasteiger partial charge in [-0.1, -0.05) is 34.1 Å². The lowest BCUT2D eigenvalue weighted by atomic mass is 10.2. The predicted molar refractivity (Wildman–Crippen MR) is 54.8 cm³/mol. The highest BCUT2D eigenvalue weighted by Gasteiger charge is 2.02. The summed E-state index contributed by atoms with van der Waals surface area (Å²) in [5.74, 6) is 0.976. The number of rotatable bonds is 3. The Kier molecular flexibility index (Phi) is 3.60. The first-order valence-corrected chi connectivity index (χ1v) is 5.16. The molecule has 0 N–H and O–H groups in total. The van der Waals surface area contributed by atoms with Crippen molar-refractivity contribution in [2.45, 2.75) is 25.3 Å². The minimum absolute atomic E-state index is 0.241. The molecule has 0 aliphatic rings. The summed E-state index contributed by atoms with van der Waals surface area (Å²) >= 11 is 3.42. The van der Waals surface area contributed by atoms with E-state index in [0.717, 1.165) is 11.1 Å². The Morgan fingerprint density at radius 1 is 1.33 bits per heavy atom. The molecule has 0 aromatic heterocycles. The van der Waals surface area contributed by atoms with Gasteiger partial charge in [-0.2, -0.15) is 0 Å². The SMILES string of the molecule is CC(C)Oc1ccccc1CBr. The Bertz CT molecular complexity index is 245. The standard InChI is InChI=1S/C10H13BrO/c1-8(2)12-10-6-4-3-5-9(10)7-11/h3-6,8H,7H2,1-2H3. The van der Waals surface area contributed by atoms with Crippen LogP contribution in [0.3, 0.4) is 0 Å². The molecule has 0 heterocycles. The zero-order valence-corrected chi connectivity index (χ0v) is 8.97. The van der Waals surface area contributed by atoms with Crippen LogP contribution >= 0.6 is 15.9 Å². The molecule has 2 heteroatoms. The van der Waals surface area contributed by atoms with Crippen molar-refractivity contribution >= 4 is 15.9 Å². The van der Waals surface area contributed by atoms with Crippen LogP contribution in [0, 0.1) is 0 Å². The molecule has 1 nitrogen and oxygen atoms in total. The van der Waals surface area contributed by atoms with E-state index in [-0.39, 0.29) is 6.10 Å². The van der Waals surface area contributed by atoms with Gasteiger partial charge in [0.2, 0.25) is 0 Å². The number of benzene rings is 1. The van der Waals surface area contributed by atoms with Gasteiger partial charge in [0.05, 0.1) is 6.10 Å². The summed E-state index contributed by atoms with van der Waals surface area (Å²) < 4.78 is 5.61. The van der Waals surface area contributed by atoms with Crippen molar-refractivity contribution in [1.82, 2.24) is 0 Å². The van der Waals surface area contributed by atoms with E-state index >= 15 is 0 Å². The molecule has 1 aromatic rings. The van der Waals surface area contributed by atoms with Crippen molar-refractivity contribution in [3.63, 3.8) is 0 Å². The lowest BCUT2D eigenvalue weighted by molar-refractivity contribution is 0.240. The normalized spacial score (nSPS) is 10.3. The second kappa shape index (κ2) is 4.51. The zero-order chi connectivity index (χ0) is 8.97.